The number of oxazole rings is 1. The topological polar surface area (TPSA) is 98.8 Å². The van der Waals surface area contributed by atoms with Gasteiger partial charge in [0.1, 0.15) is 11.5 Å². The van der Waals surface area contributed by atoms with Crippen LogP contribution in [0, 0.1) is 23.7 Å². The van der Waals surface area contributed by atoms with Crippen molar-refractivity contribution in [1.29, 1.82) is 0 Å². The molecule has 29 heavy (non-hydrogen) atoms. The van der Waals surface area contributed by atoms with Crippen LogP contribution in [0.5, 0.6) is 0 Å². The van der Waals surface area contributed by atoms with Crippen molar-refractivity contribution in [3.05, 3.63) is 41.8 Å². The van der Waals surface area contributed by atoms with Crippen molar-refractivity contribution in [2.24, 2.45) is 23.7 Å². The van der Waals surface area contributed by atoms with E-state index in [2.05, 4.69) is 10.3 Å². The Bertz CT molecular complexity index is 899. The highest BCUT2D eigenvalue weighted by Gasteiger charge is 2.53. The zero-order valence-electron chi connectivity index (χ0n) is 16.5. The summed E-state index contributed by atoms with van der Waals surface area (Å²) in [6.45, 7) is 4.24. The standard InChI is InChI=1S/C22H27N3O4/c1-12-18(14-9-23-10-15(14)20(27)19(12)26)22(28)25-8-7-17-16(11-25)24-21(29-17)13-5-3-2-4-6-13/h2-6,12,14-15,18-20,23,26-27H,7-11H2,1H3/t12-,14+,15+,18+,19+,20+/m1/s1. The minimum Gasteiger partial charge on any atom is -0.441 e. The van der Waals surface area contributed by atoms with Crippen LogP contribution in [0.2, 0.25) is 0 Å². The average Bonchev–Trinajstić information content (AvgIpc) is 3.39. The van der Waals surface area contributed by atoms with Crippen LogP contribution in [-0.2, 0) is 17.8 Å². The van der Waals surface area contributed by atoms with E-state index < -0.39 is 12.2 Å². The number of aromatic nitrogens is 1. The minimum atomic E-state index is -0.873. The van der Waals surface area contributed by atoms with E-state index in [0.29, 0.717) is 38.5 Å². The summed E-state index contributed by atoms with van der Waals surface area (Å²) in [5.41, 5.74) is 1.74. The molecular formula is C22H27N3O4. The average molecular weight is 397 g/mol. The summed E-state index contributed by atoms with van der Waals surface area (Å²) >= 11 is 0. The highest BCUT2D eigenvalue weighted by molar-refractivity contribution is 5.80. The Morgan fingerprint density at radius 1 is 1.17 bits per heavy atom. The number of nitrogens with zero attached hydrogens (tertiary/aromatic N) is 2. The molecule has 3 aliphatic rings. The van der Waals surface area contributed by atoms with Crippen molar-refractivity contribution in [3.63, 3.8) is 0 Å². The maximum atomic E-state index is 13.5. The Morgan fingerprint density at radius 3 is 2.72 bits per heavy atom. The first kappa shape index (κ1) is 18.8. The van der Waals surface area contributed by atoms with Gasteiger partial charge in [0, 0.05) is 36.9 Å². The van der Waals surface area contributed by atoms with Crippen LogP contribution >= 0.6 is 0 Å². The highest BCUT2D eigenvalue weighted by atomic mass is 16.4. The normalized spacial score (nSPS) is 34.0. The third-order valence-corrected chi connectivity index (χ3v) is 7.01. The molecule has 7 heteroatoms. The summed E-state index contributed by atoms with van der Waals surface area (Å²) in [5.74, 6) is 0.890. The molecule has 1 aromatic heterocycles. The van der Waals surface area contributed by atoms with E-state index in [4.69, 9.17) is 4.42 Å². The number of nitrogens with one attached hydrogen (secondary N) is 1. The van der Waals surface area contributed by atoms with Crippen LogP contribution in [0.4, 0.5) is 0 Å². The predicted octanol–water partition coefficient (Wildman–Crippen LogP) is 1.05. The molecule has 3 N–H and O–H groups in total. The molecule has 0 radical (unpaired) electrons. The maximum Gasteiger partial charge on any atom is 0.226 e. The van der Waals surface area contributed by atoms with Crippen molar-refractivity contribution >= 4 is 5.91 Å². The third kappa shape index (κ3) is 3.08. The lowest BCUT2D eigenvalue weighted by Crippen LogP contribution is -2.56. The molecule has 0 unspecified atom stereocenters. The van der Waals surface area contributed by atoms with E-state index in [0.717, 1.165) is 17.0 Å². The molecule has 2 fully saturated rings. The van der Waals surface area contributed by atoms with Crippen LogP contribution in [-0.4, -0.2) is 57.8 Å². The molecule has 2 aromatic rings. The molecule has 0 bridgehead atoms. The Kier molecular flexibility index (Phi) is 4.69. The second-order valence-corrected chi connectivity index (χ2v) is 8.62. The van der Waals surface area contributed by atoms with Crippen molar-refractivity contribution in [2.45, 2.75) is 32.1 Å². The Balaban J connectivity index is 1.37. The van der Waals surface area contributed by atoms with Crippen LogP contribution in [0.3, 0.4) is 0 Å². The lowest BCUT2D eigenvalue weighted by molar-refractivity contribution is -0.156. The highest BCUT2D eigenvalue weighted by Crippen LogP contribution is 2.42. The minimum absolute atomic E-state index is 0.0504. The number of hydrogen-bond donors (Lipinski definition) is 3. The van der Waals surface area contributed by atoms with Crippen molar-refractivity contribution in [1.82, 2.24) is 15.2 Å². The van der Waals surface area contributed by atoms with Gasteiger partial charge in [-0.3, -0.25) is 4.79 Å². The lowest BCUT2D eigenvalue weighted by Gasteiger charge is -2.45. The van der Waals surface area contributed by atoms with Gasteiger partial charge in [0.25, 0.3) is 0 Å². The first-order valence-electron chi connectivity index (χ1n) is 10.4. The summed E-state index contributed by atoms with van der Waals surface area (Å²) in [6, 6.07) is 9.78. The molecule has 0 spiro atoms. The Morgan fingerprint density at radius 2 is 1.93 bits per heavy atom. The van der Waals surface area contributed by atoms with Crippen LogP contribution < -0.4 is 5.32 Å². The van der Waals surface area contributed by atoms with Crippen LogP contribution in [0.1, 0.15) is 18.4 Å². The molecule has 7 nitrogen and oxygen atoms in total. The maximum absolute atomic E-state index is 13.5. The van der Waals surface area contributed by atoms with E-state index >= 15 is 0 Å². The van der Waals surface area contributed by atoms with Gasteiger partial charge in [-0.2, -0.15) is 0 Å². The van der Waals surface area contributed by atoms with E-state index in [1.54, 1.807) is 0 Å². The fraction of sp³-hybridized carbons (Fsp3) is 0.545. The van der Waals surface area contributed by atoms with Crippen LogP contribution in [0.25, 0.3) is 11.5 Å². The number of benzene rings is 1. The molecule has 154 valence electrons. The van der Waals surface area contributed by atoms with E-state index in [9.17, 15) is 15.0 Å². The van der Waals surface area contributed by atoms with Gasteiger partial charge < -0.3 is 24.8 Å². The first-order valence-corrected chi connectivity index (χ1v) is 10.4. The van der Waals surface area contributed by atoms with Gasteiger partial charge in [-0.15, -0.1) is 0 Å². The molecule has 2 aliphatic heterocycles. The molecule has 1 aromatic carbocycles. The van der Waals surface area contributed by atoms with Crippen molar-refractivity contribution in [3.8, 4) is 11.5 Å². The number of aliphatic hydroxyl groups excluding tert-OH is 2. The van der Waals surface area contributed by atoms with E-state index in [1.807, 2.05) is 42.2 Å². The summed E-state index contributed by atoms with van der Waals surface area (Å²) in [5, 5.41) is 24.2. The molecule has 1 aliphatic carbocycles. The van der Waals surface area contributed by atoms with Gasteiger partial charge in [-0.25, -0.2) is 4.98 Å². The Hall–Kier alpha value is -2.22. The predicted molar refractivity (Wildman–Crippen MR) is 106 cm³/mol. The van der Waals surface area contributed by atoms with Crippen molar-refractivity contribution < 1.29 is 19.4 Å². The summed E-state index contributed by atoms with van der Waals surface area (Å²) < 4.78 is 5.96. The molecular weight excluding hydrogens is 370 g/mol. The van der Waals surface area contributed by atoms with Gasteiger partial charge in [0.2, 0.25) is 11.8 Å². The zero-order valence-corrected chi connectivity index (χ0v) is 16.5. The largest absolute Gasteiger partial charge is 0.441 e. The van der Waals surface area contributed by atoms with Gasteiger partial charge in [0.15, 0.2) is 0 Å². The summed E-state index contributed by atoms with van der Waals surface area (Å²) in [7, 11) is 0. The zero-order chi connectivity index (χ0) is 20.1. The van der Waals surface area contributed by atoms with E-state index in [1.165, 1.54) is 0 Å². The first-order chi connectivity index (χ1) is 14.0. The number of aliphatic hydroxyl groups is 2. The molecule has 5 rings (SSSR count). The van der Waals surface area contributed by atoms with E-state index in [-0.39, 0.29) is 29.6 Å². The smallest absolute Gasteiger partial charge is 0.226 e. The van der Waals surface area contributed by atoms with Gasteiger partial charge in [0.05, 0.1) is 18.8 Å². The molecule has 1 amide bonds. The number of carbonyl (C=O) groups is 1. The van der Waals surface area contributed by atoms with Gasteiger partial charge in [-0.1, -0.05) is 25.1 Å². The second kappa shape index (κ2) is 7.23. The SMILES string of the molecule is C[C@H]1[C@H](O)[C@@H](O)[C@H]2CNC[C@@H]2[C@H]1C(=O)N1CCc2oc(-c3ccccc3)nc2C1. The van der Waals surface area contributed by atoms with Crippen molar-refractivity contribution in [2.75, 3.05) is 19.6 Å². The molecule has 1 saturated carbocycles. The summed E-state index contributed by atoms with van der Waals surface area (Å²) in [4.78, 5) is 20.0. The van der Waals surface area contributed by atoms with Gasteiger partial charge in [-0.05, 0) is 30.5 Å². The number of hydrogen-bond acceptors (Lipinski definition) is 6. The number of carbonyl (C=O) groups excluding carboxylic acids is 1. The van der Waals surface area contributed by atoms with Gasteiger partial charge >= 0.3 is 0 Å². The number of rotatable bonds is 2. The fourth-order valence-corrected chi connectivity index (χ4v) is 5.36. The Labute approximate surface area is 169 Å². The monoisotopic (exact) mass is 397 g/mol. The van der Waals surface area contributed by atoms with Crippen LogP contribution in [0.15, 0.2) is 34.7 Å². The molecule has 6 atom stereocenters. The lowest BCUT2D eigenvalue weighted by atomic mass is 9.65. The molecule has 3 heterocycles. The summed E-state index contributed by atoms with van der Waals surface area (Å²) in [6.07, 6.45) is -1.01. The quantitative estimate of drug-likeness (QED) is 0.701. The number of amides is 1. The number of fused-ring (bicyclic) bond motifs is 2. The third-order valence-electron chi connectivity index (χ3n) is 7.01. The second-order valence-electron chi connectivity index (χ2n) is 8.62. The fourth-order valence-electron chi connectivity index (χ4n) is 5.36. The molecule has 1 saturated heterocycles.